The lowest BCUT2D eigenvalue weighted by atomic mass is 10.1. The van der Waals surface area contributed by atoms with Gasteiger partial charge in [-0.1, -0.05) is 24.3 Å². The van der Waals surface area contributed by atoms with Gasteiger partial charge in [0.2, 0.25) is 0 Å². The van der Waals surface area contributed by atoms with Gasteiger partial charge in [0.1, 0.15) is 5.82 Å². The first-order chi connectivity index (χ1) is 8.59. The zero-order valence-electron chi connectivity index (χ0n) is 10.7. The van der Waals surface area contributed by atoms with E-state index >= 15 is 0 Å². The third-order valence-electron chi connectivity index (χ3n) is 3.12. The number of hydrogen-bond donors (Lipinski definition) is 1. The van der Waals surface area contributed by atoms with Crippen molar-refractivity contribution in [1.82, 2.24) is 0 Å². The second-order valence-electron chi connectivity index (χ2n) is 4.44. The standard InChI is InChI=1S/C15H17FN2/c1-11-14(17)8-5-9-15(11)18(2)10-12-6-3-4-7-13(12)16/h3-9H,10,17H2,1-2H3. The summed E-state index contributed by atoms with van der Waals surface area (Å²) in [5.41, 5.74) is 9.37. The van der Waals surface area contributed by atoms with Crippen LogP contribution in [-0.4, -0.2) is 7.05 Å². The molecule has 0 aliphatic heterocycles. The number of nitrogen functional groups attached to an aromatic ring is 1. The molecule has 0 aliphatic rings. The summed E-state index contributed by atoms with van der Waals surface area (Å²) in [6.45, 7) is 2.50. The Morgan fingerprint density at radius 1 is 1.11 bits per heavy atom. The van der Waals surface area contributed by atoms with Crippen LogP contribution in [-0.2, 0) is 6.54 Å². The van der Waals surface area contributed by atoms with Crippen molar-refractivity contribution in [1.29, 1.82) is 0 Å². The van der Waals surface area contributed by atoms with Gasteiger partial charge in [0.05, 0.1) is 0 Å². The molecule has 3 heteroatoms. The fourth-order valence-corrected chi connectivity index (χ4v) is 2.02. The van der Waals surface area contributed by atoms with Crippen LogP contribution < -0.4 is 10.6 Å². The molecule has 2 nitrogen and oxygen atoms in total. The Labute approximate surface area is 107 Å². The maximum atomic E-state index is 13.6. The molecule has 0 radical (unpaired) electrons. The van der Waals surface area contributed by atoms with Crippen molar-refractivity contribution in [2.24, 2.45) is 0 Å². The van der Waals surface area contributed by atoms with Gasteiger partial charge in [-0.05, 0) is 30.7 Å². The van der Waals surface area contributed by atoms with E-state index in [2.05, 4.69) is 0 Å². The van der Waals surface area contributed by atoms with Crippen molar-refractivity contribution in [3.63, 3.8) is 0 Å². The van der Waals surface area contributed by atoms with Crippen LogP contribution in [0.2, 0.25) is 0 Å². The highest BCUT2D eigenvalue weighted by Gasteiger charge is 2.09. The first-order valence-corrected chi connectivity index (χ1v) is 5.89. The molecule has 0 aliphatic carbocycles. The summed E-state index contributed by atoms with van der Waals surface area (Å²) in [6, 6.07) is 12.6. The van der Waals surface area contributed by atoms with Crippen LogP contribution in [0.1, 0.15) is 11.1 Å². The van der Waals surface area contributed by atoms with Gasteiger partial charge in [0, 0.05) is 30.5 Å². The van der Waals surface area contributed by atoms with Crippen molar-refractivity contribution in [3.05, 3.63) is 59.4 Å². The van der Waals surface area contributed by atoms with E-state index in [1.807, 2.05) is 43.1 Å². The predicted octanol–water partition coefficient (Wildman–Crippen LogP) is 3.35. The third-order valence-corrected chi connectivity index (χ3v) is 3.12. The molecule has 0 heterocycles. The molecular formula is C15H17FN2. The van der Waals surface area contributed by atoms with Crippen LogP contribution in [0.25, 0.3) is 0 Å². The number of nitrogens with zero attached hydrogens (tertiary/aromatic N) is 1. The second-order valence-corrected chi connectivity index (χ2v) is 4.44. The molecule has 0 fully saturated rings. The summed E-state index contributed by atoms with van der Waals surface area (Å²) in [5.74, 6) is -0.175. The lowest BCUT2D eigenvalue weighted by Crippen LogP contribution is -2.18. The van der Waals surface area contributed by atoms with E-state index in [0.717, 1.165) is 16.9 Å². The smallest absolute Gasteiger partial charge is 0.128 e. The van der Waals surface area contributed by atoms with Crippen molar-refractivity contribution in [3.8, 4) is 0 Å². The number of halogens is 1. The van der Waals surface area contributed by atoms with Gasteiger partial charge in [-0.25, -0.2) is 4.39 Å². The Kier molecular flexibility index (Phi) is 3.51. The van der Waals surface area contributed by atoms with Gasteiger partial charge < -0.3 is 10.6 Å². The summed E-state index contributed by atoms with van der Waals surface area (Å²) in [6.07, 6.45) is 0. The minimum Gasteiger partial charge on any atom is -0.398 e. The molecule has 2 aromatic carbocycles. The molecule has 0 amide bonds. The van der Waals surface area contributed by atoms with Crippen LogP contribution in [0.3, 0.4) is 0 Å². The summed E-state index contributed by atoms with van der Waals surface area (Å²) in [7, 11) is 1.94. The number of hydrogen-bond acceptors (Lipinski definition) is 2. The van der Waals surface area contributed by atoms with E-state index in [1.165, 1.54) is 6.07 Å². The van der Waals surface area contributed by atoms with E-state index in [9.17, 15) is 4.39 Å². The molecule has 18 heavy (non-hydrogen) atoms. The summed E-state index contributed by atoms with van der Waals surface area (Å²) in [5, 5.41) is 0. The monoisotopic (exact) mass is 244 g/mol. The molecule has 0 atom stereocenters. The van der Waals surface area contributed by atoms with E-state index in [4.69, 9.17) is 5.73 Å². The lowest BCUT2D eigenvalue weighted by Gasteiger charge is -2.22. The van der Waals surface area contributed by atoms with Gasteiger partial charge in [0.25, 0.3) is 0 Å². The second kappa shape index (κ2) is 5.08. The van der Waals surface area contributed by atoms with Gasteiger partial charge in [-0.15, -0.1) is 0 Å². The number of anilines is 2. The Morgan fingerprint density at radius 2 is 1.83 bits per heavy atom. The van der Waals surface area contributed by atoms with Crippen molar-refractivity contribution in [2.45, 2.75) is 13.5 Å². The van der Waals surface area contributed by atoms with Crippen molar-refractivity contribution >= 4 is 11.4 Å². The van der Waals surface area contributed by atoms with E-state index in [1.54, 1.807) is 12.1 Å². The van der Waals surface area contributed by atoms with Gasteiger partial charge in [-0.3, -0.25) is 0 Å². The van der Waals surface area contributed by atoms with Gasteiger partial charge in [0.15, 0.2) is 0 Å². The molecule has 0 saturated carbocycles. The van der Waals surface area contributed by atoms with E-state index in [-0.39, 0.29) is 5.82 Å². The fraction of sp³-hybridized carbons (Fsp3) is 0.200. The Morgan fingerprint density at radius 3 is 2.56 bits per heavy atom. The summed E-state index contributed by atoms with van der Waals surface area (Å²) < 4.78 is 13.6. The van der Waals surface area contributed by atoms with Crippen molar-refractivity contribution < 1.29 is 4.39 Å². The van der Waals surface area contributed by atoms with Crippen LogP contribution in [0.4, 0.5) is 15.8 Å². The van der Waals surface area contributed by atoms with Crippen molar-refractivity contribution in [2.75, 3.05) is 17.7 Å². The fourth-order valence-electron chi connectivity index (χ4n) is 2.02. The average molecular weight is 244 g/mol. The molecule has 2 aromatic rings. The minimum atomic E-state index is -0.175. The highest BCUT2D eigenvalue weighted by Crippen LogP contribution is 2.25. The molecule has 94 valence electrons. The van der Waals surface area contributed by atoms with Crippen LogP contribution >= 0.6 is 0 Å². The maximum absolute atomic E-state index is 13.6. The quantitative estimate of drug-likeness (QED) is 0.839. The molecule has 2 N–H and O–H groups in total. The Balaban J connectivity index is 2.25. The predicted molar refractivity (Wildman–Crippen MR) is 74.1 cm³/mol. The molecule has 0 bridgehead atoms. The van der Waals surface area contributed by atoms with Crippen LogP contribution in [0.5, 0.6) is 0 Å². The normalized spacial score (nSPS) is 10.4. The highest BCUT2D eigenvalue weighted by molar-refractivity contribution is 5.63. The Hall–Kier alpha value is -2.03. The first-order valence-electron chi connectivity index (χ1n) is 5.89. The zero-order valence-corrected chi connectivity index (χ0v) is 10.7. The molecule has 0 aromatic heterocycles. The molecule has 2 rings (SSSR count). The Bertz CT molecular complexity index is 552. The zero-order chi connectivity index (χ0) is 13.1. The molecular weight excluding hydrogens is 227 g/mol. The van der Waals surface area contributed by atoms with Gasteiger partial charge in [-0.2, -0.15) is 0 Å². The number of benzene rings is 2. The lowest BCUT2D eigenvalue weighted by molar-refractivity contribution is 0.608. The SMILES string of the molecule is Cc1c(N)cccc1N(C)Cc1ccccc1F. The van der Waals surface area contributed by atoms with Crippen LogP contribution in [0, 0.1) is 12.7 Å². The highest BCUT2D eigenvalue weighted by atomic mass is 19.1. The van der Waals surface area contributed by atoms with Gasteiger partial charge >= 0.3 is 0 Å². The molecule has 0 spiro atoms. The minimum absolute atomic E-state index is 0.175. The summed E-state index contributed by atoms with van der Waals surface area (Å²) in [4.78, 5) is 2.00. The van der Waals surface area contributed by atoms with E-state index < -0.39 is 0 Å². The summed E-state index contributed by atoms with van der Waals surface area (Å²) >= 11 is 0. The topological polar surface area (TPSA) is 29.3 Å². The van der Waals surface area contributed by atoms with E-state index in [0.29, 0.717) is 12.1 Å². The first kappa shape index (κ1) is 12.4. The van der Waals surface area contributed by atoms with Crippen LogP contribution in [0.15, 0.2) is 42.5 Å². The largest absolute Gasteiger partial charge is 0.398 e. The average Bonchev–Trinajstić information content (AvgIpc) is 2.35. The third kappa shape index (κ3) is 2.45. The molecule has 0 saturated heterocycles. The maximum Gasteiger partial charge on any atom is 0.128 e. The molecule has 0 unspecified atom stereocenters. The number of nitrogens with two attached hydrogens (primary N) is 1. The number of rotatable bonds is 3.